The van der Waals surface area contributed by atoms with E-state index in [2.05, 4.69) is 12.2 Å². The minimum atomic E-state index is 0. The number of amides is 1. The minimum Gasteiger partial charge on any atom is -0.337 e. The second kappa shape index (κ2) is 8.78. The standard InChI is InChI=1S/C14H19ClN2OS.ClH/c1-2-19-13-5-4-11(15)10-12(13)14(18)17-8-3-6-16-7-9-17;/h4-5,10,16H,2-3,6-9H2,1H3;1H. The SMILES string of the molecule is CCSc1ccc(Cl)cc1C(=O)N1CCCNCC1.Cl. The van der Waals surface area contributed by atoms with Gasteiger partial charge in [0.25, 0.3) is 5.91 Å². The highest BCUT2D eigenvalue weighted by Gasteiger charge is 2.20. The van der Waals surface area contributed by atoms with Crippen LogP contribution in [-0.2, 0) is 0 Å². The number of nitrogens with zero attached hydrogens (tertiary/aromatic N) is 1. The molecule has 0 bridgehead atoms. The maximum atomic E-state index is 12.6. The molecule has 1 saturated heterocycles. The van der Waals surface area contributed by atoms with Crippen LogP contribution in [0.1, 0.15) is 23.7 Å². The molecule has 1 aromatic carbocycles. The summed E-state index contributed by atoms with van der Waals surface area (Å²) in [6.07, 6.45) is 1.00. The molecular formula is C14H20Cl2N2OS. The highest BCUT2D eigenvalue weighted by molar-refractivity contribution is 7.99. The lowest BCUT2D eigenvalue weighted by molar-refractivity contribution is 0.0763. The summed E-state index contributed by atoms with van der Waals surface area (Å²) in [6, 6.07) is 5.58. The van der Waals surface area contributed by atoms with Gasteiger partial charge in [-0.3, -0.25) is 4.79 Å². The fourth-order valence-electron chi connectivity index (χ4n) is 2.17. The van der Waals surface area contributed by atoms with Crippen molar-refractivity contribution in [2.75, 3.05) is 31.9 Å². The Morgan fingerprint density at radius 2 is 2.20 bits per heavy atom. The third-order valence-electron chi connectivity index (χ3n) is 3.10. The van der Waals surface area contributed by atoms with Crippen molar-refractivity contribution in [1.82, 2.24) is 10.2 Å². The number of thioether (sulfide) groups is 1. The Kier molecular flexibility index (Phi) is 7.74. The Bertz CT molecular complexity index is 449. The second-order valence-corrected chi connectivity index (χ2v) is 6.21. The molecule has 0 aliphatic carbocycles. The fraction of sp³-hybridized carbons (Fsp3) is 0.500. The van der Waals surface area contributed by atoms with Crippen LogP contribution in [0.4, 0.5) is 0 Å². The molecule has 1 heterocycles. The first-order valence-electron chi connectivity index (χ1n) is 6.64. The first-order valence-corrected chi connectivity index (χ1v) is 8.01. The van der Waals surface area contributed by atoms with E-state index in [1.165, 1.54) is 0 Å². The molecule has 3 nitrogen and oxygen atoms in total. The van der Waals surface area contributed by atoms with Crippen molar-refractivity contribution in [3.8, 4) is 0 Å². The van der Waals surface area contributed by atoms with Crippen molar-refractivity contribution in [2.45, 2.75) is 18.2 Å². The molecule has 112 valence electrons. The molecule has 0 spiro atoms. The number of carbonyl (C=O) groups is 1. The molecule has 1 N–H and O–H groups in total. The third kappa shape index (κ3) is 4.55. The van der Waals surface area contributed by atoms with Gasteiger partial charge in [0.2, 0.25) is 0 Å². The molecule has 1 fully saturated rings. The quantitative estimate of drug-likeness (QED) is 0.860. The first kappa shape index (κ1) is 17.6. The van der Waals surface area contributed by atoms with Gasteiger partial charge in [-0.05, 0) is 36.9 Å². The van der Waals surface area contributed by atoms with E-state index < -0.39 is 0 Å². The number of carbonyl (C=O) groups excluding carboxylic acids is 1. The van der Waals surface area contributed by atoms with Crippen molar-refractivity contribution in [3.05, 3.63) is 28.8 Å². The largest absolute Gasteiger partial charge is 0.337 e. The van der Waals surface area contributed by atoms with Gasteiger partial charge in [-0.15, -0.1) is 24.2 Å². The monoisotopic (exact) mass is 334 g/mol. The average molecular weight is 335 g/mol. The van der Waals surface area contributed by atoms with Crippen molar-refractivity contribution < 1.29 is 4.79 Å². The van der Waals surface area contributed by atoms with Gasteiger partial charge < -0.3 is 10.2 Å². The molecule has 0 unspecified atom stereocenters. The minimum absolute atomic E-state index is 0. The molecule has 0 aromatic heterocycles. The summed E-state index contributed by atoms with van der Waals surface area (Å²) >= 11 is 7.73. The van der Waals surface area contributed by atoms with E-state index in [9.17, 15) is 4.79 Å². The first-order chi connectivity index (χ1) is 9.22. The predicted octanol–water partition coefficient (Wildman–Crippen LogP) is 3.31. The molecule has 0 saturated carbocycles. The second-order valence-electron chi connectivity index (χ2n) is 4.47. The van der Waals surface area contributed by atoms with Gasteiger partial charge in [-0.2, -0.15) is 0 Å². The lowest BCUT2D eigenvalue weighted by Gasteiger charge is -2.21. The van der Waals surface area contributed by atoms with E-state index in [1.807, 2.05) is 17.0 Å². The molecule has 1 aliphatic rings. The van der Waals surface area contributed by atoms with Crippen LogP contribution in [0, 0.1) is 0 Å². The van der Waals surface area contributed by atoms with Crippen LogP contribution in [0.2, 0.25) is 5.02 Å². The topological polar surface area (TPSA) is 32.3 Å². The van der Waals surface area contributed by atoms with Gasteiger partial charge in [0.05, 0.1) is 5.56 Å². The molecule has 2 rings (SSSR count). The van der Waals surface area contributed by atoms with Crippen LogP contribution in [0.25, 0.3) is 0 Å². The van der Waals surface area contributed by atoms with Crippen molar-refractivity contribution in [2.24, 2.45) is 0 Å². The lowest BCUT2D eigenvalue weighted by Crippen LogP contribution is -2.34. The predicted molar refractivity (Wildman–Crippen MR) is 88.5 cm³/mol. The molecule has 20 heavy (non-hydrogen) atoms. The van der Waals surface area contributed by atoms with Gasteiger partial charge in [-0.25, -0.2) is 0 Å². The van der Waals surface area contributed by atoms with Gasteiger partial charge in [-0.1, -0.05) is 18.5 Å². The zero-order valence-electron chi connectivity index (χ0n) is 11.5. The highest BCUT2D eigenvalue weighted by Crippen LogP contribution is 2.26. The molecule has 6 heteroatoms. The van der Waals surface area contributed by atoms with Crippen LogP contribution in [0.5, 0.6) is 0 Å². The van der Waals surface area contributed by atoms with Gasteiger partial charge >= 0.3 is 0 Å². The van der Waals surface area contributed by atoms with Crippen LogP contribution in [0.3, 0.4) is 0 Å². The van der Waals surface area contributed by atoms with Crippen LogP contribution < -0.4 is 5.32 Å². The Morgan fingerprint density at radius 3 is 2.95 bits per heavy atom. The fourth-order valence-corrected chi connectivity index (χ4v) is 3.12. The molecular weight excluding hydrogens is 315 g/mol. The molecule has 0 atom stereocenters. The number of rotatable bonds is 3. The Labute approximate surface area is 135 Å². The van der Waals surface area contributed by atoms with E-state index in [1.54, 1.807) is 17.8 Å². The molecule has 1 amide bonds. The zero-order chi connectivity index (χ0) is 13.7. The highest BCUT2D eigenvalue weighted by atomic mass is 35.5. The normalized spacial score (nSPS) is 15.4. The van der Waals surface area contributed by atoms with Crippen molar-refractivity contribution >= 4 is 41.7 Å². The van der Waals surface area contributed by atoms with Crippen LogP contribution >= 0.6 is 35.8 Å². The number of hydrogen-bond acceptors (Lipinski definition) is 3. The van der Waals surface area contributed by atoms with Crippen molar-refractivity contribution in [3.63, 3.8) is 0 Å². The summed E-state index contributed by atoms with van der Waals surface area (Å²) in [6.45, 7) is 5.51. The third-order valence-corrected chi connectivity index (χ3v) is 4.29. The van der Waals surface area contributed by atoms with Crippen LogP contribution in [-0.4, -0.2) is 42.7 Å². The molecule has 1 aliphatic heterocycles. The Morgan fingerprint density at radius 1 is 1.40 bits per heavy atom. The van der Waals surface area contributed by atoms with Gasteiger partial charge in [0.1, 0.15) is 0 Å². The lowest BCUT2D eigenvalue weighted by atomic mass is 10.2. The summed E-state index contributed by atoms with van der Waals surface area (Å²) in [5.74, 6) is 1.05. The van der Waals surface area contributed by atoms with E-state index >= 15 is 0 Å². The maximum Gasteiger partial charge on any atom is 0.255 e. The summed E-state index contributed by atoms with van der Waals surface area (Å²) in [7, 11) is 0. The zero-order valence-corrected chi connectivity index (χ0v) is 13.9. The Balaban J connectivity index is 0.00000200. The average Bonchev–Trinajstić information content (AvgIpc) is 2.69. The summed E-state index contributed by atoms with van der Waals surface area (Å²) < 4.78 is 0. The van der Waals surface area contributed by atoms with Crippen LogP contribution in [0.15, 0.2) is 23.1 Å². The number of nitrogens with one attached hydrogen (secondary N) is 1. The van der Waals surface area contributed by atoms with Gasteiger partial charge in [0.15, 0.2) is 0 Å². The van der Waals surface area contributed by atoms with Crippen molar-refractivity contribution in [1.29, 1.82) is 0 Å². The maximum absolute atomic E-state index is 12.6. The number of hydrogen-bond donors (Lipinski definition) is 1. The van der Waals surface area contributed by atoms with E-state index in [-0.39, 0.29) is 18.3 Å². The van der Waals surface area contributed by atoms with E-state index in [0.717, 1.165) is 48.8 Å². The van der Waals surface area contributed by atoms with E-state index in [0.29, 0.717) is 5.02 Å². The molecule has 1 aromatic rings. The smallest absolute Gasteiger partial charge is 0.255 e. The summed E-state index contributed by atoms with van der Waals surface area (Å²) in [4.78, 5) is 15.6. The Hall–Kier alpha value is -0.420. The van der Waals surface area contributed by atoms with E-state index in [4.69, 9.17) is 11.6 Å². The number of benzene rings is 1. The molecule has 0 radical (unpaired) electrons. The van der Waals surface area contributed by atoms with Gasteiger partial charge in [0, 0.05) is 29.6 Å². The summed E-state index contributed by atoms with van der Waals surface area (Å²) in [5.41, 5.74) is 0.737. The summed E-state index contributed by atoms with van der Waals surface area (Å²) in [5, 5.41) is 3.93. The number of halogens is 2.